The van der Waals surface area contributed by atoms with Crippen LogP contribution >= 0.6 is 23.1 Å². The number of nitrogens with zero attached hydrogens (tertiary/aromatic N) is 1. The Morgan fingerprint density at radius 3 is 2.34 bits per heavy atom. The van der Waals surface area contributed by atoms with E-state index in [0.717, 1.165) is 25.3 Å². The van der Waals surface area contributed by atoms with Crippen molar-refractivity contribution < 1.29 is 19.0 Å². The molecule has 0 aliphatic carbocycles. The molecule has 29 heavy (non-hydrogen) atoms. The summed E-state index contributed by atoms with van der Waals surface area (Å²) >= 11 is 3.73. The van der Waals surface area contributed by atoms with E-state index in [-0.39, 0.29) is 5.91 Å². The molecule has 1 fully saturated rings. The fraction of sp³-hybridized carbons (Fsp3) is 0.500. The molecule has 1 amide bonds. The fourth-order valence-corrected chi connectivity index (χ4v) is 5.61. The predicted molar refractivity (Wildman–Crippen MR) is 120 cm³/mol. The first-order valence-electron chi connectivity index (χ1n) is 10.2. The highest BCUT2D eigenvalue weighted by Crippen LogP contribution is 2.40. The zero-order valence-electron chi connectivity index (χ0n) is 17.3. The summed E-state index contributed by atoms with van der Waals surface area (Å²) in [6, 6.07) is 7.86. The van der Waals surface area contributed by atoms with Crippen LogP contribution in [0.1, 0.15) is 47.7 Å². The molecule has 0 bridgehead atoms. The summed E-state index contributed by atoms with van der Waals surface area (Å²) in [5.74, 6) is 2.63. The molecule has 7 heteroatoms. The summed E-state index contributed by atoms with van der Waals surface area (Å²) in [7, 11) is 0. The van der Waals surface area contributed by atoms with Crippen molar-refractivity contribution in [2.75, 3.05) is 38.7 Å². The van der Waals surface area contributed by atoms with Crippen LogP contribution in [0.5, 0.6) is 17.2 Å². The molecule has 1 aromatic carbocycles. The second kappa shape index (κ2) is 10.8. The molecule has 0 spiro atoms. The van der Waals surface area contributed by atoms with Crippen LogP contribution in [-0.2, 0) is 0 Å². The van der Waals surface area contributed by atoms with E-state index < -0.39 is 0 Å². The highest BCUT2D eigenvalue weighted by molar-refractivity contribution is 7.99. The molecule has 0 saturated carbocycles. The molecule has 1 unspecified atom stereocenters. The van der Waals surface area contributed by atoms with Gasteiger partial charge in [0.1, 0.15) is 0 Å². The van der Waals surface area contributed by atoms with E-state index in [1.54, 1.807) is 23.5 Å². The zero-order chi connectivity index (χ0) is 20.6. The van der Waals surface area contributed by atoms with E-state index >= 15 is 0 Å². The second-order valence-corrected chi connectivity index (χ2v) is 8.85. The lowest BCUT2D eigenvalue weighted by Gasteiger charge is -2.22. The van der Waals surface area contributed by atoms with Gasteiger partial charge in [0, 0.05) is 34.5 Å². The molecule has 2 aromatic rings. The summed E-state index contributed by atoms with van der Waals surface area (Å²) in [6.07, 6.45) is 0.963. The third-order valence-electron chi connectivity index (χ3n) is 4.65. The van der Waals surface area contributed by atoms with Crippen molar-refractivity contribution in [3.63, 3.8) is 0 Å². The van der Waals surface area contributed by atoms with E-state index in [2.05, 4.69) is 17.5 Å². The number of ether oxygens (including phenoxy) is 3. The Kier molecular flexibility index (Phi) is 8.12. The minimum absolute atomic E-state index is 0.0161. The lowest BCUT2D eigenvalue weighted by molar-refractivity contribution is 0.0765. The Morgan fingerprint density at radius 2 is 1.76 bits per heavy atom. The summed E-state index contributed by atoms with van der Waals surface area (Å²) in [5, 5.41) is 2.58. The maximum Gasteiger partial charge on any atom is 0.254 e. The van der Waals surface area contributed by atoms with Crippen LogP contribution in [0.3, 0.4) is 0 Å². The minimum Gasteiger partial charge on any atom is -0.490 e. The van der Waals surface area contributed by atoms with Crippen molar-refractivity contribution in [3.05, 3.63) is 40.1 Å². The molecular formula is C22H29NO4S2. The molecule has 1 aromatic heterocycles. The van der Waals surface area contributed by atoms with Crippen molar-refractivity contribution >= 4 is 29.0 Å². The quantitative estimate of drug-likeness (QED) is 0.566. The molecule has 1 aliphatic rings. The fourth-order valence-electron chi connectivity index (χ4n) is 3.37. The number of hydrogen-bond donors (Lipinski definition) is 0. The van der Waals surface area contributed by atoms with Crippen LogP contribution in [0.25, 0.3) is 0 Å². The van der Waals surface area contributed by atoms with Gasteiger partial charge in [-0.2, -0.15) is 11.8 Å². The number of thioether (sulfide) groups is 1. The molecular weight excluding hydrogens is 406 g/mol. The van der Waals surface area contributed by atoms with E-state index in [1.165, 1.54) is 4.88 Å². The van der Waals surface area contributed by atoms with E-state index in [4.69, 9.17) is 14.2 Å². The van der Waals surface area contributed by atoms with Gasteiger partial charge in [-0.15, -0.1) is 11.3 Å². The largest absolute Gasteiger partial charge is 0.490 e. The topological polar surface area (TPSA) is 48.0 Å². The number of rotatable bonds is 8. The van der Waals surface area contributed by atoms with Gasteiger partial charge in [-0.3, -0.25) is 4.79 Å². The number of benzene rings is 1. The van der Waals surface area contributed by atoms with Crippen molar-refractivity contribution in [1.29, 1.82) is 0 Å². The average molecular weight is 436 g/mol. The molecule has 5 nitrogen and oxygen atoms in total. The van der Waals surface area contributed by atoms with Crippen LogP contribution in [0.2, 0.25) is 0 Å². The highest BCUT2D eigenvalue weighted by atomic mass is 32.2. The van der Waals surface area contributed by atoms with E-state index in [9.17, 15) is 4.79 Å². The first-order chi connectivity index (χ1) is 14.2. The third kappa shape index (κ3) is 5.39. The minimum atomic E-state index is 0.0161. The highest BCUT2D eigenvalue weighted by Gasteiger charge is 2.25. The molecule has 0 N–H and O–H groups in total. The lowest BCUT2D eigenvalue weighted by atomic mass is 10.1. The van der Waals surface area contributed by atoms with Gasteiger partial charge in [0.15, 0.2) is 11.5 Å². The SMILES string of the molecule is CCOc1cc(C(=O)N2CCSC(c3cccs3)CC2)cc(OCC)c1OCC. The normalized spacial score (nSPS) is 16.9. The van der Waals surface area contributed by atoms with Crippen LogP contribution in [-0.4, -0.2) is 49.5 Å². The lowest BCUT2D eigenvalue weighted by Crippen LogP contribution is -2.33. The van der Waals surface area contributed by atoms with Crippen LogP contribution in [0.15, 0.2) is 29.6 Å². The van der Waals surface area contributed by atoms with Gasteiger partial charge in [-0.25, -0.2) is 0 Å². The summed E-state index contributed by atoms with van der Waals surface area (Å²) in [4.78, 5) is 16.6. The van der Waals surface area contributed by atoms with Gasteiger partial charge in [0.05, 0.1) is 19.8 Å². The molecule has 158 valence electrons. The number of thiophene rings is 1. The van der Waals surface area contributed by atoms with Gasteiger partial charge in [0.25, 0.3) is 5.91 Å². The Bertz CT molecular complexity index is 767. The van der Waals surface area contributed by atoms with Crippen molar-refractivity contribution in [2.45, 2.75) is 32.4 Å². The molecule has 3 rings (SSSR count). The maximum absolute atomic E-state index is 13.3. The predicted octanol–water partition coefficient (Wildman–Crippen LogP) is 5.26. The molecule has 0 radical (unpaired) electrons. The summed E-state index contributed by atoms with van der Waals surface area (Å²) < 4.78 is 17.3. The van der Waals surface area contributed by atoms with Gasteiger partial charge in [-0.1, -0.05) is 6.07 Å². The maximum atomic E-state index is 13.3. The van der Waals surface area contributed by atoms with E-state index in [1.807, 2.05) is 37.4 Å². The third-order valence-corrected chi connectivity index (χ3v) is 7.09. The standard InChI is InChI=1S/C22H29NO4S2/c1-4-25-17-14-16(15-18(26-5-2)21(17)27-6-3)22(24)23-10-9-20(29-13-11-23)19-8-7-12-28-19/h7-8,12,14-15,20H,4-6,9-11,13H2,1-3H3. The van der Waals surface area contributed by atoms with Crippen LogP contribution in [0.4, 0.5) is 0 Å². The number of hydrogen-bond acceptors (Lipinski definition) is 6. The van der Waals surface area contributed by atoms with Crippen molar-refractivity contribution in [1.82, 2.24) is 4.90 Å². The Hall–Kier alpha value is -1.86. The van der Waals surface area contributed by atoms with Gasteiger partial charge < -0.3 is 19.1 Å². The van der Waals surface area contributed by atoms with Gasteiger partial charge >= 0.3 is 0 Å². The van der Waals surface area contributed by atoms with Crippen LogP contribution in [0, 0.1) is 0 Å². The molecule has 1 saturated heterocycles. The van der Waals surface area contributed by atoms with Crippen molar-refractivity contribution in [2.24, 2.45) is 0 Å². The number of carbonyl (C=O) groups excluding carboxylic acids is 1. The Morgan fingerprint density at radius 1 is 1.07 bits per heavy atom. The molecule has 1 atom stereocenters. The monoisotopic (exact) mass is 435 g/mol. The number of amides is 1. The Balaban J connectivity index is 1.82. The van der Waals surface area contributed by atoms with Crippen molar-refractivity contribution in [3.8, 4) is 17.2 Å². The smallest absolute Gasteiger partial charge is 0.254 e. The summed E-state index contributed by atoms with van der Waals surface area (Å²) in [5.41, 5.74) is 0.583. The first-order valence-corrected chi connectivity index (χ1v) is 12.1. The first kappa shape index (κ1) is 21.8. The van der Waals surface area contributed by atoms with Crippen LogP contribution < -0.4 is 14.2 Å². The zero-order valence-corrected chi connectivity index (χ0v) is 18.9. The van der Waals surface area contributed by atoms with E-state index in [0.29, 0.717) is 47.9 Å². The molecule has 1 aliphatic heterocycles. The van der Waals surface area contributed by atoms with Gasteiger partial charge in [-0.05, 0) is 50.8 Å². The van der Waals surface area contributed by atoms with Gasteiger partial charge in [0.2, 0.25) is 5.75 Å². The Labute approximate surface area is 181 Å². The average Bonchev–Trinajstić information content (AvgIpc) is 3.15. The number of carbonyl (C=O) groups is 1. The molecule has 2 heterocycles. The summed E-state index contributed by atoms with van der Waals surface area (Å²) in [6.45, 7) is 8.73. The second-order valence-electron chi connectivity index (χ2n) is 6.56.